The largest absolute Gasteiger partial charge is 0.259 e. The molecule has 0 aliphatic heterocycles. The molecule has 0 bridgehead atoms. The zero-order chi connectivity index (χ0) is 13.1. The van der Waals surface area contributed by atoms with E-state index in [4.69, 9.17) is 0 Å². The summed E-state index contributed by atoms with van der Waals surface area (Å²) in [5.74, 6) is 0.669. The summed E-state index contributed by atoms with van der Waals surface area (Å²) < 4.78 is 0. The molecule has 0 aliphatic carbocycles. The molecule has 0 radical (unpaired) electrons. The Labute approximate surface area is 114 Å². The predicted octanol–water partition coefficient (Wildman–Crippen LogP) is 3.45. The van der Waals surface area contributed by atoms with Gasteiger partial charge >= 0.3 is 0 Å². The molecule has 0 atom stereocenters. The van der Waals surface area contributed by atoms with E-state index in [9.17, 15) is 0 Å². The average Bonchev–Trinajstić information content (AvgIpc) is 2.85. The van der Waals surface area contributed by atoms with Crippen LogP contribution >= 0.6 is 11.3 Å². The quantitative estimate of drug-likeness (QED) is 0.584. The number of rotatable bonds is 3. The first-order valence-corrected chi connectivity index (χ1v) is 6.70. The Kier molecular flexibility index (Phi) is 3.20. The van der Waals surface area contributed by atoms with Gasteiger partial charge in [0.2, 0.25) is 0 Å². The van der Waals surface area contributed by atoms with Crippen molar-refractivity contribution in [3.05, 3.63) is 52.3 Å². The van der Waals surface area contributed by atoms with Crippen LogP contribution in [0.25, 0.3) is 10.8 Å². The van der Waals surface area contributed by atoms with Crippen LogP contribution in [0.4, 0.5) is 5.82 Å². The molecule has 94 valence electrons. The smallest absolute Gasteiger partial charge is 0.176 e. The summed E-state index contributed by atoms with van der Waals surface area (Å²) in [6.07, 6.45) is 3.54. The summed E-state index contributed by atoms with van der Waals surface area (Å²) in [5.41, 5.74) is 2.95. The van der Waals surface area contributed by atoms with Crippen LogP contribution < -0.4 is 5.43 Å². The van der Waals surface area contributed by atoms with E-state index in [-0.39, 0.29) is 0 Å². The standard InChI is InChI=1S/C14H12N4S/c1-10-6-7-12(19-10)9-16-18-14-13-5-3-2-4-11(13)8-15-17-14/h2-9H,1H3,(H,17,18)/b16-9+. The highest BCUT2D eigenvalue weighted by Crippen LogP contribution is 2.19. The Morgan fingerprint density at radius 3 is 2.95 bits per heavy atom. The maximum Gasteiger partial charge on any atom is 0.176 e. The molecule has 0 aliphatic rings. The molecule has 0 spiro atoms. The SMILES string of the molecule is Cc1ccc(/C=N/Nc2nncc3ccccc23)s1. The number of hydrogen-bond acceptors (Lipinski definition) is 5. The first-order chi connectivity index (χ1) is 9.33. The van der Waals surface area contributed by atoms with Gasteiger partial charge in [-0.15, -0.1) is 16.4 Å². The lowest BCUT2D eigenvalue weighted by Gasteiger charge is -2.02. The molecule has 1 aromatic carbocycles. The minimum Gasteiger partial charge on any atom is -0.259 e. The molecule has 0 unspecified atom stereocenters. The maximum absolute atomic E-state index is 4.21. The number of nitrogens with zero attached hydrogens (tertiary/aromatic N) is 3. The van der Waals surface area contributed by atoms with Gasteiger partial charge in [0, 0.05) is 20.5 Å². The van der Waals surface area contributed by atoms with Crippen molar-refractivity contribution in [1.29, 1.82) is 0 Å². The lowest BCUT2D eigenvalue weighted by atomic mass is 10.2. The number of fused-ring (bicyclic) bond motifs is 1. The van der Waals surface area contributed by atoms with Crippen LogP contribution in [0.15, 0.2) is 47.7 Å². The molecule has 3 aromatic rings. The molecule has 19 heavy (non-hydrogen) atoms. The molecular formula is C14H12N4S. The number of hydrogen-bond donors (Lipinski definition) is 1. The Morgan fingerprint density at radius 1 is 1.21 bits per heavy atom. The molecule has 5 heteroatoms. The van der Waals surface area contributed by atoms with Gasteiger partial charge in [-0.2, -0.15) is 10.2 Å². The fourth-order valence-corrected chi connectivity index (χ4v) is 2.54. The first-order valence-electron chi connectivity index (χ1n) is 5.89. The second kappa shape index (κ2) is 5.16. The van der Waals surface area contributed by atoms with E-state index in [2.05, 4.69) is 33.7 Å². The highest BCUT2D eigenvalue weighted by Gasteiger charge is 2.00. The molecular weight excluding hydrogens is 256 g/mol. The molecule has 0 saturated heterocycles. The monoisotopic (exact) mass is 268 g/mol. The number of thiophene rings is 1. The lowest BCUT2D eigenvalue weighted by molar-refractivity contribution is 1.04. The Balaban J connectivity index is 1.84. The molecule has 1 N–H and O–H groups in total. The fourth-order valence-electron chi connectivity index (χ4n) is 1.79. The third kappa shape index (κ3) is 2.61. The van der Waals surface area contributed by atoms with Crippen LogP contribution in [0, 0.1) is 6.92 Å². The van der Waals surface area contributed by atoms with Crippen LogP contribution in [0.3, 0.4) is 0 Å². The summed E-state index contributed by atoms with van der Waals surface area (Å²) in [5, 5.41) is 14.3. The minimum absolute atomic E-state index is 0.669. The van der Waals surface area contributed by atoms with Crippen LogP contribution in [0.2, 0.25) is 0 Å². The van der Waals surface area contributed by atoms with E-state index < -0.39 is 0 Å². The highest BCUT2D eigenvalue weighted by molar-refractivity contribution is 7.13. The fraction of sp³-hybridized carbons (Fsp3) is 0.0714. The molecule has 4 nitrogen and oxygen atoms in total. The van der Waals surface area contributed by atoms with Gasteiger partial charge in [0.15, 0.2) is 5.82 Å². The lowest BCUT2D eigenvalue weighted by Crippen LogP contribution is -1.95. The van der Waals surface area contributed by atoms with Gasteiger partial charge in [0.25, 0.3) is 0 Å². The second-order valence-corrected chi connectivity index (χ2v) is 5.42. The molecule has 0 amide bonds. The Bertz CT molecular complexity index is 728. The van der Waals surface area contributed by atoms with Crippen molar-refractivity contribution >= 4 is 34.1 Å². The van der Waals surface area contributed by atoms with Gasteiger partial charge in [-0.05, 0) is 19.1 Å². The first kappa shape index (κ1) is 11.8. The van der Waals surface area contributed by atoms with E-state index in [0.29, 0.717) is 5.82 Å². The number of aryl methyl sites for hydroxylation is 1. The number of hydrazone groups is 1. The number of anilines is 1. The Hall–Kier alpha value is -2.27. The van der Waals surface area contributed by atoms with Gasteiger partial charge in [-0.3, -0.25) is 5.43 Å². The summed E-state index contributed by atoms with van der Waals surface area (Å²) >= 11 is 1.70. The van der Waals surface area contributed by atoms with Crippen LogP contribution in [-0.2, 0) is 0 Å². The van der Waals surface area contributed by atoms with Gasteiger partial charge in [0.05, 0.1) is 12.4 Å². The third-order valence-corrected chi connectivity index (χ3v) is 3.63. The normalized spacial score (nSPS) is 11.2. The van der Waals surface area contributed by atoms with E-state index in [1.165, 1.54) is 4.88 Å². The highest BCUT2D eigenvalue weighted by atomic mass is 32.1. The topological polar surface area (TPSA) is 50.2 Å². The van der Waals surface area contributed by atoms with Crippen molar-refractivity contribution in [3.8, 4) is 0 Å². The summed E-state index contributed by atoms with van der Waals surface area (Å²) in [6, 6.07) is 12.1. The van der Waals surface area contributed by atoms with E-state index in [1.54, 1.807) is 23.7 Å². The van der Waals surface area contributed by atoms with Gasteiger partial charge in [-0.25, -0.2) is 0 Å². The summed E-state index contributed by atoms with van der Waals surface area (Å²) in [6.45, 7) is 2.08. The molecule has 0 fully saturated rings. The average molecular weight is 268 g/mol. The van der Waals surface area contributed by atoms with Crippen molar-refractivity contribution in [2.24, 2.45) is 5.10 Å². The minimum atomic E-state index is 0.669. The van der Waals surface area contributed by atoms with Gasteiger partial charge < -0.3 is 0 Å². The van der Waals surface area contributed by atoms with Crippen molar-refractivity contribution in [1.82, 2.24) is 10.2 Å². The third-order valence-electron chi connectivity index (χ3n) is 2.69. The van der Waals surface area contributed by atoms with Crippen LogP contribution in [-0.4, -0.2) is 16.4 Å². The summed E-state index contributed by atoms with van der Waals surface area (Å²) in [7, 11) is 0. The van der Waals surface area contributed by atoms with Gasteiger partial charge in [-0.1, -0.05) is 24.3 Å². The van der Waals surface area contributed by atoms with E-state index in [1.807, 2.05) is 30.3 Å². The molecule has 2 heterocycles. The van der Waals surface area contributed by atoms with E-state index in [0.717, 1.165) is 15.6 Å². The summed E-state index contributed by atoms with van der Waals surface area (Å²) in [4.78, 5) is 2.38. The Morgan fingerprint density at radius 2 is 2.11 bits per heavy atom. The molecule has 2 aromatic heterocycles. The van der Waals surface area contributed by atoms with Crippen LogP contribution in [0.1, 0.15) is 9.75 Å². The van der Waals surface area contributed by atoms with E-state index >= 15 is 0 Å². The number of aromatic nitrogens is 2. The second-order valence-electron chi connectivity index (χ2n) is 4.10. The predicted molar refractivity (Wildman–Crippen MR) is 79.8 cm³/mol. The van der Waals surface area contributed by atoms with Crippen molar-refractivity contribution < 1.29 is 0 Å². The molecule has 0 saturated carbocycles. The van der Waals surface area contributed by atoms with Crippen molar-refractivity contribution in [2.45, 2.75) is 6.92 Å². The maximum atomic E-state index is 4.21. The number of benzene rings is 1. The zero-order valence-electron chi connectivity index (χ0n) is 10.4. The van der Waals surface area contributed by atoms with Crippen molar-refractivity contribution in [2.75, 3.05) is 5.43 Å². The molecule has 3 rings (SSSR count). The van der Waals surface area contributed by atoms with Crippen molar-refractivity contribution in [3.63, 3.8) is 0 Å². The zero-order valence-corrected chi connectivity index (χ0v) is 11.2. The van der Waals surface area contributed by atoms with Gasteiger partial charge in [0.1, 0.15) is 0 Å². The number of nitrogens with one attached hydrogen (secondary N) is 1. The van der Waals surface area contributed by atoms with Crippen LogP contribution in [0.5, 0.6) is 0 Å².